The molecule has 0 aliphatic heterocycles. The second kappa shape index (κ2) is 5.27. The maximum atomic E-state index is 11.6. The third kappa shape index (κ3) is 3.13. The van der Waals surface area contributed by atoms with Gasteiger partial charge in [-0.15, -0.1) is 0 Å². The number of halogens is 2. The number of carbonyl (C=O) groups excluding carboxylic acids is 1. The summed E-state index contributed by atoms with van der Waals surface area (Å²) in [5.74, 6) is 0.552. The third-order valence-electron chi connectivity index (χ3n) is 2.63. The third-order valence-corrected chi connectivity index (χ3v) is 3.49. The Morgan fingerprint density at radius 2 is 2.24 bits per heavy atom. The zero-order valence-corrected chi connectivity index (χ0v) is 11.6. The molecule has 1 saturated carbocycles. The molecule has 0 N–H and O–H groups in total. The molecule has 17 heavy (non-hydrogen) atoms. The van der Waals surface area contributed by atoms with Crippen LogP contribution in [0.1, 0.15) is 12.8 Å². The van der Waals surface area contributed by atoms with Gasteiger partial charge in [0.25, 0.3) is 0 Å². The Bertz CT molecular complexity index is 432. The van der Waals surface area contributed by atoms with Crippen molar-refractivity contribution in [3.63, 3.8) is 0 Å². The van der Waals surface area contributed by atoms with Crippen LogP contribution in [0.15, 0.2) is 22.7 Å². The molecule has 3 nitrogen and oxygen atoms in total. The first-order valence-electron chi connectivity index (χ1n) is 5.31. The van der Waals surface area contributed by atoms with Gasteiger partial charge in [0.15, 0.2) is 6.10 Å². The van der Waals surface area contributed by atoms with Crippen LogP contribution in [-0.4, -0.2) is 19.2 Å². The molecule has 5 heteroatoms. The van der Waals surface area contributed by atoms with Crippen molar-refractivity contribution in [3.8, 4) is 5.75 Å². The maximum Gasteiger partial charge on any atom is 0.347 e. The monoisotopic (exact) mass is 318 g/mol. The molecule has 0 radical (unpaired) electrons. The van der Waals surface area contributed by atoms with Crippen LogP contribution in [0.5, 0.6) is 5.75 Å². The SMILES string of the molecule is COC(=O)C(Oc1ccc(Cl)cc1Br)C1CC1. The lowest BCUT2D eigenvalue weighted by molar-refractivity contribution is -0.149. The second-order valence-electron chi connectivity index (χ2n) is 3.97. The molecule has 92 valence electrons. The summed E-state index contributed by atoms with van der Waals surface area (Å²) in [6.07, 6.45) is 1.49. The minimum Gasteiger partial charge on any atom is -0.477 e. The first-order valence-corrected chi connectivity index (χ1v) is 6.48. The smallest absolute Gasteiger partial charge is 0.347 e. The van der Waals surface area contributed by atoms with Gasteiger partial charge in [-0.2, -0.15) is 0 Å². The van der Waals surface area contributed by atoms with Crippen LogP contribution in [-0.2, 0) is 9.53 Å². The molecule has 0 spiro atoms. The zero-order valence-electron chi connectivity index (χ0n) is 9.28. The van der Waals surface area contributed by atoms with Crippen molar-refractivity contribution in [1.82, 2.24) is 0 Å². The molecule has 2 rings (SSSR count). The molecular formula is C12H12BrClO3. The van der Waals surface area contributed by atoms with E-state index < -0.39 is 6.10 Å². The van der Waals surface area contributed by atoms with Crippen LogP contribution in [0, 0.1) is 5.92 Å². The van der Waals surface area contributed by atoms with Gasteiger partial charge in [0, 0.05) is 10.9 Å². The summed E-state index contributed by atoms with van der Waals surface area (Å²) < 4.78 is 11.2. The Morgan fingerprint density at radius 1 is 1.53 bits per heavy atom. The van der Waals surface area contributed by atoms with Gasteiger partial charge < -0.3 is 9.47 Å². The minimum absolute atomic E-state index is 0.269. The predicted molar refractivity (Wildman–Crippen MR) is 68.3 cm³/mol. The Hall–Kier alpha value is -0.740. The van der Waals surface area contributed by atoms with Crippen molar-refractivity contribution in [2.45, 2.75) is 18.9 Å². The fourth-order valence-corrected chi connectivity index (χ4v) is 2.34. The van der Waals surface area contributed by atoms with Gasteiger partial charge in [-0.05, 0) is 47.0 Å². The van der Waals surface area contributed by atoms with E-state index in [-0.39, 0.29) is 11.9 Å². The zero-order chi connectivity index (χ0) is 12.4. The average molecular weight is 320 g/mol. The van der Waals surface area contributed by atoms with Gasteiger partial charge in [-0.1, -0.05) is 11.6 Å². The Balaban J connectivity index is 2.14. The highest BCUT2D eigenvalue weighted by Gasteiger charge is 2.39. The first kappa shape index (κ1) is 12.7. The Kier molecular flexibility index (Phi) is 3.94. The summed E-state index contributed by atoms with van der Waals surface area (Å²) >= 11 is 9.20. The van der Waals surface area contributed by atoms with Crippen molar-refractivity contribution in [2.24, 2.45) is 5.92 Å². The lowest BCUT2D eigenvalue weighted by atomic mass is 10.2. The van der Waals surface area contributed by atoms with E-state index in [1.54, 1.807) is 18.2 Å². The van der Waals surface area contributed by atoms with E-state index in [1.807, 2.05) is 0 Å². The fourth-order valence-electron chi connectivity index (χ4n) is 1.56. The van der Waals surface area contributed by atoms with E-state index in [0.717, 1.165) is 17.3 Å². The average Bonchev–Trinajstić information content (AvgIpc) is 3.11. The highest BCUT2D eigenvalue weighted by Crippen LogP contribution is 2.37. The molecule has 0 saturated heterocycles. The van der Waals surface area contributed by atoms with Crippen LogP contribution in [0.4, 0.5) is 0 Å². The fraction of sp³-hybridized carbons (Fsp3) is 0.417. The molecule has 0 amide bonds. The van der Waals surface area contributed by atoms with Crippen LogP contribution in [0.2, 0.25) is 5.02 Å². The van der Waals surface area contributed by atoms with E-state index >= 15 is 0 Å². The van der Waals surface area contributed by atoms with E-state index in [4.69, 9.17) is 21.1 Å². The lowest BCUT2D eigenvalue weighted by Crippen LogP contribution is -2.30. The van der Waals surface area contributed by atoms with Crippen molar-refractivity contribution in [1.29, 1.82) is 0 Å². The highest BCUT2D eigenvalue weighted by atomic mass is 79.9. The number of methoxy groups -OCH3 is 1. The van der Waals surface area contributed by atoms with Crippen molar-refractivity contribution >= 4 is 33.5 Å². The number of esters is 1. The highest BCUT2D eigenvalue weighted by molar-refractivity contribution is 9.10. The maximum absolute atomic E-state index is 11.6. The summed E-state index contributed by atoms with van der Waals surface area (Å²) in [7, 11) is 1.37. The van der Waals surface area contributed by atoms with Gasteiger partial charge in [0.1, 0.15) is 5.75 Å². The molecule has 0 aromatic heterocycles. The first-order chi connectivity index (χ1) is 8.11. The quantitative estimate of drug-likeness (QED) is 0.798. The Labute approximate surface area is 113 Å². The Morgan fingerprint density at radius 3 is 2.76 bits per heavy atom. The van der Waals surface area contributed by atoms with E-state index in [2.05, 4.69) is 15.9 Å². The molecule has 0 heterocycles. The topological polar surface area (TPSA) is 35.5 Å². The van der Waals surface area contributed by atoms with Gasteiger partial charge in [0.2, 0.25) is 0 Å². The molecular weight excluding hydrogens is 307 g/mol. The predicted octanol–water partition coefficient (Wildman–Crippen LogP) is 3.43. The van der Waals surface area contributed by atoms with Gasteiger partial charge >= 0.3 is 5.97 Å². The summed E-state index contributed by atoms with van der Waals surface area (Å²) in [6.45, 7) is 0. The summed E-state index contributed by atoms with van der Waals surface area (Å²) in [5, 5.41) is 0.616. The number of hydrogen-bond donors (Lipinski definition) is 0. The van der Waals surface area contributed by atoms with E-state index in [9.17, 15) is 4.79 Å². The van der Waals surface area contributed by atoms with Crippen LogP contribution < -0.4 is 4.74 Å². The van der Waals surface area contributed by atoms with E-state index in [0.29, 0.717) is 10.8 Å². The van der Waals surface area contributed by atoms with Crippen molar-refractivity contribution in [2.75, 3.05) is 7.11 Å². The van der Waals surface area contributed by atoms with Crippen LogP contribution in [0.3, 0.4) is 0 Å². The van der Waals surface area contributed by atoms with Gasteiger partial charge in [-0.25, -0.2) is 4.79 Å². The molecule has 0 bridgehead atoms. The standard InChI is InChI=1S/C12H12BrClO3/c1-16-12(15)11(7-2-3-7)17-10-5-4-8(14)6-9(10)13/h4-7,11H,2-3H2,1H3. The molecule has 1 unspecified atom stereocenters. The summed E-state index contributed by atoms with van der Waals surface area (Å²) in [5.41, 5.74) is 0. The number of benzene rings is 1. The molecule has 1 fully saturated rings. The normalized spacial score (nSPS) is 16.4. The number of rotatable bonds is 4. The molecule has 1 aliphatic carbocycles. The summed E-state index contributed by atoms with van der Waals surface area (Å²) in [6, 6.07) is 5.20. The minimum atomic E-state index is -0.516. The van der Waals surface area contributed by atoms with Gasteiger partial charge in [-0.3, -0.25) is 0 Å². The number of carbonyl (C=O) groups is 1. The largest absolute Gasteiger partial charge is 0.477 e. The lowest BCUT2D eigenvalue weighted by Gasteiger charge is -2.17. The second-order valence-corrected chi connectivity index (χ2v) is 5.26. The molecule has 1 atom stereocenters. The van der Waals surface area contributed by atoms with Gasteiger partial charge in [0.05, 0.1) is 11.6 Å². The summed E-state index contributed by atoms with van der Waals surface area (Å²) in [4.78, 5) is 11.6. The van der Waals surface area contributed by atoms with Crippen LogP contribution in [0.25, 0.3) is 0 Å². The molecule has 1 aromatic rings. The van der Waals surface area contributed by atoms with E-state index in [1.165, 1.54) is 7.11 Å². The molecule has 1 aromatic carbocycles. The van der Waals surface area contributed by atoms with Crippen molar-refractivity contribution < 1.29 is 14.3 Å². The number of hydrogen-bond acceptors (Lipinski definition) is 3. The number of ether oxygens (including phenoxy) is 2. The molecule has 1 aliphatic rings. The van der Waals surface area contributed by atoms with Crippen molar-refractivity contribution in [3.05, 3.63) is 27.7 Å². The van der Waals surface area contributed by atoms with Crippen LogP contribution >= 0.6 is 27.5 Å².